The second-order valence-corrected chi connectivity index (χ2v) is 6.22. The van der Waals surface area contributed by atoms with Gasteiger partial charge in [0.25, 0.3) is 0 Å². The number of nitrogen functional groups attached to an aromatic ring is 1. The van der Waals surface area contributed by atoms with Gasteiger partial charge >= 0.3 is 0 Å². The molecule has 0 spiro atoms. The third-order valence-electron chi connectivity index (χ3n) is 3.71. The highest BCUT2D eigenvalue weighted by Crippen LogP contribution is 2.42. The minimum Gasteiger partial charge on any atom is -0.399 e. The maximum atomic E-state index is 5.88. The molecule has 0 unspecified atom stereocenters. The van der Waals surface area contributed by atoms with Gasteiger partial charge in [-0.05, 0) is 49.2 Å². The van der Waals surface area contributed by atoms with E-state index in [-0.39, 0.29) is 0 Å². The van der Waals surface area contributed by atoms with Crippen molar-refractivity contribution in [2.24, 2.45) is 0 Å². The van der Waals surface area contributed by atoms with Crippen molar-refractivity contribution < 1.29 is 0 Å². The molecule has 1 heterocycles. The van der Waals surface area contributed by atoms with Crippen LogP contribution in [-0.2, 0) is 0 Å². The quantitative estimate of drug-likeness (QED) is 0.715. The lowest BCUT2D eigenvalue weighted by molar-refractivity contribution is 0.896. The summed E-state index contributed by atoms with van der Waals surface area (Å²) in [4.78, 5) is 4.81. The molecule has 1 aliphatic carbocycles. The molecular formula is C16H14BrN3. The fourth-order valence-corrected chi connectivity index (χ4v) is 3.01. The largest absolute Gasteiger partial charge is 0.399 e. The van der Waals surface area contributed by atoms with Crippen molar-refractivity contribution in [3.63, 3.8) is 0 Å². The van der Waals surface area contributed by atoms with Crippen molar-refractivity contribution in [3.05, 3.63) is 52.8 Å². The van der Waals surface area contributed by atoms with Gasteiger partial charge in [0.05, 0.1) is 11.0 Å². The van der Waals surface area contributed by atoms with E-state index in [2.05, 4.69) is 44.8 Å². The Morgan fingerprint density at radius 2 is 2.00 bits per heavy atom. The number of imidazole rings is 1. The molecule has 0 saturated heterocycles. The molecule has 2 aromatic carbocycles. The first-order chi connectivity index (χ1) is 9.72. The Bertz CT molecular complexity index is 803. The van der Waals surface area contributed by atoms with Gasteiger partial charge in [-0.2, -0.15) is 0 Å². The maximum Gasteiger partial charge on any atom is 0.117 e. The molecule has 3 nitrogen and oxygen atoms in total. The van der Waals surface area contributed by atoms with E-state index in [9.17, 15) is 0 Å². The van der Waals surface area contributed by atoms with Gasteiger partial charge < -0.3 is 5.73 Å². The van der Waals surface area contributed by atoms with Crippen LogP contribution in [0.1, 0.15) is 24.6 Å². The van der Waals surface area contributed by atoms with E-state index in [0.717, 1.165) is 32.7 Å². The lowest BCUT2D eigenvalue weighted by Gasteiger charge is -2.09. The molecule has 3 aromatic rings. The van der Waals surface area contributed by atoms with Crippen LogP contribution >= 0.6 is 15.9 Å². The van der Waals surface area contributed by atoms with E-state index in [1.807, 2.05) is 18.2 Å². The average Bonchev–Trinajstić information content (AvgIpc) is 3.20. The van der Waals surface area contributed by atoms with Crippen molar-refractivity contribution >= 4 is 32.7 Å². The van der Waals surface area contributed by atoms with Crippen LogP contribution in [0.2, 0.25) is 0 Å². The van der Waals surface area contributed by atoms with E-state index >= 15 is 0 Å². The molecule has 1 aromatic heterocycles. The first-order valence-corrected chi connectivity index (χ1v) is 7.55. The SMILES string of the molecule is Nc1ccc2c(c1)nc(C1CC1)n2-c1cccc(Br)c1. The highest BCUT2D eigenvalue weighted by atomic mass is 79.9. The second-order valence-electron chi connectivity index (χ2n) is 5.31. The monoisotopic (exact) mass is 327 g/mol. The van der Waals surface area contributed by atoms with Crippen LogP contribution < -0.4 is 5.73 Å². The lowest BCUT2D eigenvalue weighted by Crippen LogP contribution is -1.99. The predicted octanol–water partition coefficient (Wildman–Crippen LogP) is 4.25. The molecule has 0 amide bonds. The van der Waals surface area contributed by atoms with Gasteiger partial charge in [-0.1, -0.05) is 22.0 Å². The second kappa shape index (κ2) is 4.35. The van der Waals surface area contributed by atoms with Gasteiger partial charge in [0.1, 0.15) is 5.82 Å². The van der Waals surface area contributed by atoms with Crippen LogP contribution in [0.15, 0.2) is 46.9 Å². The van der Waals surface area contributed by atoms with Gasteiger partial charge in [-0.15, -0.1) is 0 Å². The van der Waals surface area contributed by atoms with E-state index in [4.69, 9.17) is 10.7 Å². The first-order valence-electron chi connectivity index (χ1n) is 6.76. The van der Waals surface area contributed by atoms with Crippen LogP contribution in [0, 0.1) is 0 Å². The molecule has 0 aliphatic heterocycles. The topological polar surface area (TPSA) is 43.8 Å². The summed E-state index contributed by atoms with van der Waals surface area (Å²) in [6.45, 7) is 0. The van der Waals surface area contributed by atoms with Crippen LogP contribution in [0.5, 0.6) is 0 Å². The molecule has 1 aliphatic rings. The maximum absolute atomic E-state index is 5.88. The summed E-state index contributed by atoms with van der Waals surface area (Å²) in [5.41, 5.74) is 9.89. The fourth-order valence-electron chi connectivity index (χ4n) is 2.62. The van der Waals surface area contributed by atoms with Gasteiger partial charge in [0.2, 0.25) is 0 Å². The van der Waals surface area contributed by atoms with E-state index < -0.39 is 0 Å². The first kappa shape index (κ1) is 12.0. The van der Waals surface area contributed by atoms with Crippen LogP contribution in [-0.4, -0.2) is 9.55 Å². The summed E-state index contributed by atoms with van der Waals surface area (Å²) in [6.07, 6.45) is 2.46. The Morgan fingerprint density at radius 1 is 1.15 bits per heavy atom. The zero-order valence-electron chi connectivity index (χ0n) is 10.9. The normalized spacial score (nSPS) is 14.8. The third-order valence-corrected chi connectivity index (χ3v) is 4.21. The summed E-state index contributed by atoms with van der Waals surface area (Å²) in [5.74, 6) is 1.74. The summed E-state index contributed by atoms with van der Waals surface area (Å²) < 4.78 is 3.34. The fraction of sp³-hybridized carbons (Fsp3) is 0.188. The highest BCUT2D eigenvalue weighted by Gasteiger charge is 2.30. The number of nitrogens with two attached hydrogens (primary N) is 1. The minimum absolute atomic E-state index is 0.586. The number of hydrogen-bond donors (Lipinski definition) is 1. The number of fused-ring (bicyclic) bond motifs is 1. The summed E-state index contributed by atoms with van der Waals surface area (Å²) >= 11 is 3.55. The van der Waals surface area contributed by atoms with Crippen LogP contribution in [0.4, 0.5) is 5.69 Å². The molecule has 4 rings (SSSR count). The molecule has 100 valence electrons. The van der Waals surface area contributed by atoms with Gasteiger partial charge in [-0.3, -0.25) is 4.57 Å². The van der Waals surface area contributed by atoms with Crippen LogP contribution in [0.3, 0.4) is 0 Å². The number of rotatable bonds is 2. The Morgan fingerprint density at radius 3 is 2.75 bits per heavy atom. The predicted molar refractivity (Wildman–Crippen MR) is 85.2 cm³/mol. The molecular weight excluding hydrogens is 314 g/mol. The smallest absolute Gasteiger partial charge is 0.117 e. The van der Waals surface area contributed by atoms with Crippen molar-refractivity contribution in [2.45, 2.75) is 18.8 Å². The van der Waals surface area contributed by atoms with Crippen molar-refractivity contribution in [3.8, 4) is 5.69 Å². The minimum atomic E-state index is 0.586. The van der Waals surface area contributed by atoms with E-state index in [1.165, 1.54) is 12.8 Å². The Hall–Kier alpha value is -1.81. The molecule has 0 atom stereocenters. The molecule has 4 heteroatoms. The number of halogens is 1. The molecule has 20 heavy (non-hydrogen) atoms. The molecule has 0 bridgehead atoms. The van der Waals surface area contributed by atoms with Crippen molar-refractivity contribution in [2.75, 3.05) is 5.73 Å². The van der Waals surface area contributed by atoms with Crippen molar-refractivity contribution in [1.29, 1.82) is 0 Å². The average molecular weight is 328 g/mol. The Balaban J connectivity index is 2.02. The molecule has 2 N–H and O–H groups in total. The van der Waals surface area contributed by atoms with Gasteiger partial charge in [-0.25, -0.2) is 4.98 Å². The summed E-state index contributed by atoms with van der Waals surface area (Å²) in [5, 5.41) is 0. The lowest BCUT2D eigenvalue weighted by atomic mass is 10.2. The highest BCUT2D eigenvalue weighted by molar-refractivity contribution is 9.10. The standard InChI is InChI=1S/C16H14BrN3/c17-11-2-1-3-13(8-11)20-15-7-6-12(18)9-14(15)19-16(20)10-4-5-10/h1-3,6-10H,4-5,18H2. The van der Waals surface area contributed by atoms with Gasteiger partial charge in [0.15, 0.2) is 0 Å². The zero-order chi connectivity index (χ0) is 13.7. The third kappa shape index (κ3) is 1.91. The summed E-state index contributed by atoms with van der Waals surface area (Å²) in [6, 6.07) is 14.3. The number of hydrogen-bond acceptors (Lipinski definition) is 2. The number of aromatic nitrogens is 2. The van der Waals surface area contributed by atoms with Crippen molar-refractivity contribution in [1.82, 2.24) is 9.55 Å². The van der Waals surface area contributed by atoms with Gasteiger partial charge in [0, 0.05) is 21.8 Å². The van der Waals surface area contributed by atoms with E-state index in [1.54, 1.807) is 0 Å². The Kier molecular flexibility index (Phi) is 2.60. The molecule has 0 radical (unpaired) electrons. The Labute approximate surface area is 125 Å². The molecule has 1 fully saturated rings. The number of anilines is 1. The van der Waals surface area contributed by atoms with E-state index in [0.29, 0.717) is 5.92 Å². The zero-order valence-corrected chi connectivity index (χ0v) is 12.5. The molecule has 1 saturated carbocycles. The number of benzene rings is 2. The number of nitrogens with zero attached hydrogens (tertiary/aromatic N) is 2. The van der Waals surface area contributed by atoms with Crippen LogP contribution in [0.25, 0.3) is 16.7 Å². The summed E-state index contributed by atoms with van der Waals surface area (Å²) in [7, 11) is 0.